The van der Waals surface area contributed by atoms with E-state index in [0.717, 1.165) is 5.56 Å². The molecule has 0 saturated heterocycles. The van der Waals surface area contributed by atoms with Gasteiger partial charge in [-0.2, -0.15) is 0 Å². The van der Waals surface area contributed by atoms with Gasteiger partial charge < -0.3 is 10.6 Å². The second kappa shape index (κ2) is 7.46. The Labute approximate surface area is 131 Å². The lowest BCUT2D eigenvalue weighted by Gasteiger charge is -2.18. The zero-order valence-corrected chi connectivity index (χ0v) is 13.8. The van der Waals surface area contributed by atoms with Crippen molar-refractivity contribution in [2.75, 3.05) is 6.54 Å². The average Bonchev–Trinajstić information content (AvgIpc) is 2.38. The highest BCUT2D eigenvalue weighted by molar-refractivity contribution is 6.30. The summed E-state index contributed by atoms with van der Waals surface area (Å²) in [4.78, 5) is 23.5. The van der Waals surface area contributed by atoms with Crippen LogP contribution in [0.2, 0.25) is 5.02 Å². The minimum absolute atomic E-state index is 0.0546. The van der Waals surface area contributed by atoms with E-state index in [9.17, 15) is 9.59 Å². The van der Waals surface area contributed by atoms with Crippen molar-refractivity contribution in [2.24, 2.45) is 5.41 Å². The van der Waals surface area contributed by atoms with Gasteiger partial charge in [-0.25, -0.2) is 0 Å². The van der Waals surface area contributed by atoms with Crippen LogP contribution in [0, 0.1) is 5.41 Å². The Morgan fingerprint density at radius 3 is 2.29 bits per heavy atom. The molecule has 0 radical (unpaired) electrons. The van der Waals surface area contributed by atoms with Gasteiger partial charge in [0.05, 0.1) is 6.04 Å². The summed E-state index contributed by atoms with van der Waals surface area (Å²) in [6.07, 6.45) is 0.264. The van der Waals surface area contributed by atoms with Crippen molar-refractivity contribution in [3.8, 4) is 0 Å². The van der Waals surface area contributed by atoms with E-state index in [4.69, 9.17) is 11.6 Å². The van der Waals surface area contributed by atoms with E-state index in [2.05, 4.69) is 10.6 Å². The van der Waals surface area contributed by atoms with Crippen molar-refractivity contribution in [1.29, 1.82) is 0 Å². The zero-order valence-electron chi connectivity index (χ0n) is 13.0. The monoisotopic (exact) mass is 310 g/mol. The Bertz CT molecular complexity index is 492. The molecule has 1 aromatic carbocycles. The molecule has 1 atom stereocenters. The third-order valence-electron chi connectivity index (χ3n) is 3.07. The fraction of sp³-hybridized carbons (Fsp3) is 0.500. The van der Waals surface area contributed by atoms with Crippen molar-refractivity contribution >= 4 is 23.4 Å². The van der Waals surface area contributed by atoms with Gasteiger partial charge in [-0.1, -0.05) is 44.5 Å². The highest BCUT2D eigenvalue weighted by atomic mass is 35.5. The van der Waals surface area contributed by atoms with Gasteiger partial charge >= 0.3 is 0 Å². The van der Waals surface area contributed by atoms with E-state index in [1.165, 1.54) is 0 Å². The van der Waals surface area contributed by atoms with E-state index < -0.39 is 5.41 Å². The van der Waals surface area contributed by atoms with Crippen molar-refractivity contribution in [2.45, 2.75) is 40.2 Å². The van der Waals surface area contributed by atoms with Crippen LogP contribution in [-0.4, -0.2) is 18.4 Å². The molecule has 0 fully saturated rings. The Hall–Kier alpha value is -1.55. The van der Waals surface area contributed by atoms with Gasteiger partial charge in [0.2, 0.25) is 11.8 Å². The molecule has 0 heterocycles. The molecule has 0 spiro atoms. The number of nitrogens with one attached hydrogen (secondary N) is 2. The summed E-state index contributed by atoms with van der Waals surface area (Å²) in [5.74, 6) is -0.146. The van der Waals surface area contributed by atoms with Gasteiger partial charge in [-0.15, -0.1) is 0 Å². The van der Waals surface area contributed by atoms with Crippen molar-refractivity contribution in [3.05, 3.63) is 34.9 Å². The van der Waals surface area contributed by atoms with Crippen molar-refractivity contribution < 1.29 is 9.59 Å². The maximum absolute atomic E-state index is 11.8. The predicted octanol–water partition coefficient (Wildman–Crippen LogP) is 3.07. The summed E-state index contributed by atoms with van der Waals surface area (Å²) in [6.45, 7) is 7.77. The van der Waals surface area contributed by atoms with E-state index in [1.807, 2.05) is 39.8 Å². The summed E-state index contributed by atoms with van der Waals surface area (Å²) in [6, 6.07) is 7.27. The molecular weight excluding hydrogens is 288 g/mol. The molecule has 0 saturated carbocycles. The maximum Gasteiger partial charge on any atom is 0.225 e. The lowest BCUT2D eigenvalue weighted by molar-refractivity contribution is -0.128. The quantitative estimate of drug-likeness (QED) is 0.878. The first-order valence-corrected chi connectivity index (χ1v) is 7.41. The van der Waals surface area contributed by atoms with Crippen LogP contribution in [0.25, 0.3) is 0 Å². The minimum atomic E-state index is -0.437. The molecule has 0 aliphatic heterocycles. The van der Waals surface area contributed by atoms with Gasteiger partial charge in [0, 0.05) is 23.4 Å². The first-order valence-electron chi connectivity index (χ1n) is 7.03. The second-order valence-corrected chi connectivity index (χ2v) is 6.53. The smallest absolute Gasteiger partial charge is 0.225 e. The van der Waals surface area contributed by atoms with Crippen LogP contribution < -0.4 is 10.6 Å². The Morgan fingerprint density at radius 1 is 1.19 bits per heavy atom. The molecule has 4 nitrogen and oxygen atoms in total. The summed E-state index contributed by atoms with van der Waals surface area (Å²) in [5, 5.41) is 6.32. The molecule has 1 aromatic rings. The minimum Gasteiger partial charge on any atom is -0.355 e. The highest BCUT2D eigenvalue weighted by Gasteiger charge is 2.20. The summed E-state index contributed by atoms with van der Waals surface area (Å²) in [5.41, 5.74) is 0.555. The number of rotatable bonds is 5. The van der Waals surface area contributed by atoms with E-state index in [-0.39, 0.29) is 24.3 Å². The lowest BCUT2D eigenvalue weighted by Crippen LogP contribution is -2.37. The summed E-state index contributed by atoms with van der Waals surface area (Å²) < 4.78 is 0. The highest BCUT2D eigenvalue weighted by Crippen LogP contribution is 2.16. The first-order chi connectivity index (χ1) is 9.70. The molecule has 1 rings (SSSR count). The predicted molar refractivity (Wildman–Crippen MR) is 85.1 cm³/mol. The van der Waals surface area contributed by atoms with Crippen LogP contribution >= 0.6 is 11.6 Å². The fourth-order valence-corrected chi connectivity index (χ4v) is 1.83. The van der Waals surface area contributed by atoms with Crippen LogP contribution in [0.1, 0.15) is 45.7 Å². The van der Waals surface area contributed by atoms with E-state index in [0.29, 0.717) is 11.6 Å². The van der Waals surface area contributed by atoms with Crippen LogP contribution in [0.3, 0.4) is 0 Å². The first kappa shape index (κ1) is 17.5. The number of hydrogen-bond acceptors (Lipinski definition) is 2. The number of benzene rings is 1. The van der Waals surface area contributed by atoms with E-state index >= 15 is 0 Å². The molecule has 21 heavy (non-hydrogen) atoms. The molecule has 0 aromatic heterocycles. The fourth-order valence-electron chi connectivity index (χ4n) is 1.70. The average molecular weight is 311 g/mol. The Balaban J connectivity index is 2.37. The molecule has 1 unspecified atom stereocenters. The number of hydrogen-bond donors (Lipinski definition) is 2. The largest absolute Gasteiger partial charge is 0.355 e. The van der Waals surface area contributed by atoms with Gasteiger partial charge in [-0.05, 0) is 24.6 Å². The van der Waals surface area contributed by atoms with Gasteiger partial charge in [0.1, 0.15) is 0 Å². The standard InChI is InChI=1S/C16H23ClN2O2/c1-11(12-5-7-13(17)8-6-12)19-14(20)9-10-18-15(21)16(2,3)4/h5-8,11H,9-10H2,1-4H3,(H,18,21)(H,19,20). The molecule has 0 aliphatic rings. The lowest BCUT2D eigenvalue weighted by atomic mass is 9.96. The third kappa shape index (κ3) is 6.17. The molecule has 2 N–H and O–H groups in total. The van der Waals surface area contributed by atoms with Crippen LogP contribution in [0.5, 0.6) is 0 Å². The SMILES string of the molecule is CC(NC(=O)CCNC(=O)C(C)(C)C)c1ccc(Cl)cc1. The Morgan fingerprint density at radius 2 is 1.76 bits per heavy atom. The van der Waals surface area contributed by atoms with Crippen molar-refractivity contribution in [1.82, 2.24) is 10.6 Å². The number of carbonyl (C=O) groups is 2. The molecule has 0 bridgehead atoms. The zero-order chi connectivity index (χ0) is 16.0. The molecule has 116 valence electrons. The van der Waals surface area contributed by atoms with Gasteiger partial charge in [0.15, 0.2) is 0 Å². The molecule has 0 aliphatic carbocycles. The molecule has 5 heteroatoms. The Kier molecular flexibility index (Phi) is 6.21. The number of halogens is 1. The number of amides is 2. The maximum atomic E-state index is 11.8. The normalized spacial score (nSPS) is 12.6. The third-order valence-corrected chi connectivity index (χ3v) is 3.32. The van der Waals surface area contributed by atoms with Gasteiger partial charge in [-0.3, -0.25) is 9.59 Å². The van der Waals surface area contributed by atoms with Gasteiger partial charge in [0.25, 0.3) is 0 Å². The topological polar surface area (TPSA) is 58.2 Å². The summed E-state index contributed by atoms with van der Waals surface area (Å²) >= 11 is 5.83. The second-order valence-electron chi connectivity index (χ2n) is 6.10. The molecule has 2 amide bonds. The van der Waals surface area contributed by atoms with Crippen LogP contribution in [-0.2, 0) is 9.59 Å². The van der Waals surface area contributed by atoms with E-state index in [1.54, 1.807) is 12.1 Å². The summed E-state index contributed by atoms with van der Waals surface area (Å²) in [7, 11) is 0. The van der Waals surface area contributed by atoms with Crippen LogP contribution in [0.4, 0.5) is 0 Å². The van der Waals surface area contributed by atoms with Crippen LogP contribution in [0.15, 0.2) is 24.3 Å². The molecular formula is C16H23ClN2O2. The number of carbonyl (C=O) groups excluding carboxylic acids is 2. The van der Waals surface area contributed by atoms with Crippen molar-refractivity contribution in [3.63, 3.8) is 0 Å².